The van der Waals surface area contributed by atoms with Gasteiger partial charge in [-0.25, -0.2) is 4.79 Å². The zero-order valence-corrected chi connectivity index (χ0v) is 16.6. The average Bonchev–Trinajstić information content (AvgIpc) is 3.10. The Bertz CT molecular complexity index is 894. The molecule has 2 aliphatic heterocycles. The fourth-order valence-electron chi connectivity index (χ4n) is 3.78. The first kappa shape index (κ1) is 19.5. The van der Waals surface area contributed by atoms with E-state index in [4.69, 9.17) is 5.73 Å². The number of hydrogen-bond acceptors (Lipinski definition) is 6. The highest BCUT2D eigenvalue weighted by Crippen LogP contribution is 2.47. The number of hydrogen-bond donors (Lipinski definition) is 2. The van der Waals surface area contributed by atoms with Gasteiger partial charge in [0.1, 0.15) is 11.9 Å². The number of H-pyrrole nitrogens is 1. The molecule has 148 valence electrons. The third kappa shape index (κ3) is 3.15. The Balaban J connectivity index is 1.95. The molecule has 0 radical (unpaired) electrons. The monoisotopic (exact) mass is 395 g/mol. The molecule has 3 rings (SSSR count). The first-order valence-electron chi connectivity index (χ1n) is 9.07. The summed E-state index contributed by atoms with van der Waals surface area (Å²) in [6.07, 6.45) is 2.69. The highest BCUT2D eigenvalue weighted by Gasteiger charge is 2.53. The van der Waals surface area contributed by atoms with E-state index in [1.807, 2.05) is 13.8 Å². The van der Waals surface area contributed by atoms with Gasteiger partial charge in [-0.05, 0) is 19.8 Å². The predicted molar refractivity (Wildman–Crippen MR) is 105 cm³/mol. The lowest BCUT2D eigenvalue weighted by atomic mass is 10.2. The van der Waals surface area contributed by atoms with Crippen molar-refractivity contribution in [1.82, 2.24) is 14.5 Å². The highest BCUT2D eigenvalue weighted by molar-refractivity contribution is 8.01. The van der Waals surface area contributed by atoms with Gasteiger partial charge in [-0.1, -0.05) is 13.3 Å². The number of amides is 2. The van der Waals surface area contributed by atoms with Crippen LogP contribution in [0.5, 0.6) is 0 Å². The molecule has 2 atom stereocenters. The van der Waals surface area contributed by atoms with Crippen LogP contribution >= 0.6 is 11.8 Å². The van der Waals surface area contributed by atoms with Gasteiger partial charge < -0.3 is 15.5 Å². The van der Waals surface area contributed by atoms with Crippen LogP contribution in [0.1, 0.15) is 39.5 Å². The minimum absolute atomic E-state index is 0.0331. The van der Waals surface area contributed by atoms with E-state index in [1.54, 1.807) is 16.7 Å². The summed E-state index contributed by atoms with van der Waals surface area (Å²) in [7, 11) is 1.46. The van der Waals surface area contributed by atoms with E-state index in [2.05, 4.69) is 4.98 Å². The molecule has 0 saturated carbocycles. The van der Waals surface area contributed by atoms with Gasteiger partial charge in [0.15, 0.2) is 5.69 Å². The summed E-state index contributed by atoms with van der Waals surface area (Å²) >= 11 is 1.58. The lowest BCUT2D eigenvalue weighted by molar-refractivity contribution is -0.136. The molecule has 2 aliphatic rings. The average molecular weight is 395 g/mol. The van der Waals surface area contributed by atoms with Crippen molar-refractivity contribution in [3.8, 4) is 0 Å². The van der Waals surface area contributed by atoms with E-state index < -0.39 is 17.3 Å². The number of nitrogens with one attached hydrogen (secondary N) is 1. The van der Waals surface area contributed by atoms with Gasteiger partial charge in [0.25, 0.3) is 11.5 Å². The molecule has 0 unspecified atom stereocenters. The van der Waals surface area contributed by atoms with E-state index in [-0.39, 0.29) is 28.2 Å². The van der Waals surface area contributed by atoms with Gasteiger partial charge in [-0.2, -0.15) is 0 Å². The molecule has 3 N–H and O–H groups in total. The Labute approximate surface area is 160 Å². The van der Waals surface area contributed by atoms with E-state index in [1.165, 1.54) is 16.5 Å². The van der Waals surface area contributed by atoms with Crippen LogP contribution in [-0.2, 0) is 16.1 Å². The highest BCUT2D eigenvalue weighted by atomic mass is 32.2. The zero-order valence-electron chi connectivity index (χ0n) is 15.8. The van der Waals surface area contributed by atoms with Crippen molar-refractivity contribution in [3.63, 3.8) is 0 Å². The molecule has 0 spiro atoms. The van der Waals surface area contributed by atoms with E-state index >= 15 is 0 Å². The second kappa shape index (κ2) is 7.06. The normalized spacial score (nSPS) is 24.3. The molecule has 2 fully saturated rings. The second-order valence-corrected chi connectivity index (χ2v) is 8.66. The molecular formula is C17H25N5O4S. The Hall–Kier alpha value is -2.23. The molecule has 1 aromatic heterocycles. The lowest BCUT2D eigenvalue weighted by Crippen LogP contribution is -2.52. The maximum atomic E-state index is 13.1. The fourth-order valence-corrected chi connectivity index (χ4v) is 5.20. The van der Waals surface area contributed by atoms with Crippen molar-refractivity contribution in [2.75, 3.05) is 23.4 Å². The van der Waals surface area contributed by atoms with Crippen molar-refractivity contribution in [3.05, 3.63) is 20.8 Å². The zero-order chi connectivity index (χ0) is 19.9. The summed E-state index contributed by atoms with van der Waals surface area (Å²) in [5.74, 6) is 0.0104. The van der Waals surface area contributed by atoms with Crippen LogP contribution in [0.15, 0.2) is 9.59 Å². The molecule has 2 saturated heterocycles. The van der Waals surface area contributed by atoms with E-state index in [0.29, 0.717) is 31.6 Å². The fraction of sp³-hybridized carbons (Fsp3) is 0.647. The number of rotatable bonds is 5. The van der Waals surface area contributed by atoms with E-state index in [0.717, 1.165) is 6.42 Å². The van der Waals surface area contributed by atoms with Crippen LogP contribution in [0.3, 0.4) is 0 Å². The number of nitrogens with two attached hydrogens (primary N) is 1. The van der Waals surface area contributed by atoms with Crippen molar-refractivity contribution in [2.24, 2.45) is 0 Å². The SMILES string of the molecule is CCCCn1c(N)c(N(C)C(=O)[C@@H]2CS[C@]3(C)CCC(=O)N23)c(=O)[nH]c1=O. The summed E-state index contributed by atoms with van der Waals surface area (Å²) in [6, 6.07) is -0.644. The smallest absolute Gasteiger partial charge is 0.330 e. The third-order valence-electron chi connectivity index (χ3n) is 5.35. The largest absolute Gasteiger partial charge is 0.383 e. The minimum Gasteiger partial charge on any atom is -0.383 e. The van der Waals surface area contributed by atoms with Crippen LogP contribution in [0.25, 0.3) is 0 Å². The summed E-state index contributed by atoms with van der Waals surface area (Å²) in [5.41, 5.74) is 4.74. The molecule has 0 aromatic carbocycles. The number of unbranched alkanes of at least 4 members (excludes halogenated alkanes) is 1. The van der Waals surface area contributed by atoms with Gasteiger partial charge in [-0.15, -0.1) is 11.8 Å². The maximum absolute atomic E-state index is 13.1. The number of fused-ring (bicyclic) bond motifs is 1. The molecule has 0 bridgehead atoms. The Morgan fingerprint density at radius 3 is 2.78 bits per heavy atom. The number of carbonyl (C=O) groups excluding carboxylic acids is 2. The van der Waals surface area contributed by atoms with Crippen LogP contribution in [-0.4, -0.2) is 50.0 Å². The van der Waals surface area contributed by atoms with E-state index in [9.17, 15) is 19.2 Å². The standard InChI is InChI=1S/C17H25N5O4S/c1-4-5-8-21-13(18)12(14(24)19-16(21)26)20(3)15(25)10-9-27-17(2)7-6-11(23)22(10)17/h10H,4-9,18H2,1-3H3,(H,19,24,26)/t10-,17+/m0/s1. The summed E-state index contributed by atoms with van der Waals surface area (Å²) in [6.45, 7) is 4.29. The Morgan fingerprint density at radius 1 is 1.41 bits per heavy atom. The van der Waals surface area contributed by atoms with Crippen LogP contribution in [0.2, 0.25) is 0 Å². The minimum atomic E-state index is -0.706. The number of aromatic nitrogens is 2. The summed E-state index contributed by atoms with van der Waals surface area (Å²) in [5, 5.41) is 0. The van der Waals surface area contributed by atoms with Gasteiger partial charge in [0.2, 0.25) is 5.91 Å². The summed E-state index contributed by atoms with van der Waals surface area (Å²) < 4.78 is 1.28. The predicted octanol–water partition coefficient (Wildman–Crippen LogP) is 0.336. The molecule has 0 aliphatic carbocycles. The lowest BCUT2D eigenvalue weighted by Gasteiger charge is -2.32. The summed E-state index contributed by atoms with van der Waals surface area (Å²) in [4.78, 5) is 54.5. The number of carbonyl (C=O) groups is 2. The molecule has 10 heteroatoms. The molecule has 27 heavy (non-hydrogen) atoms. The molecule has 3 heterocycles. The number of nitrogen functional groups attached to an aromatic ring is 1. The van der Waals surface area contributed by atoms with Gasteiger partial charge in [0.05, 0.1) is 4.87 Å². The van der Waals surface area contributed by atoms with Gasteiger partial charge >= 0.3 is 5.69 Å². The Morgan fingerprint density at radius 2 is 2.11 bits per heavy atom. The van der Waals surface area contributed by atoms with Crippen molar-refractivity contribution in [2.45, 2.75) is 57.0 Å². The molecule has 9 nitrogen and oxygen atoms in total. The van der Waals surface area contributed by atoms with Crippen molar-refractivity contribution >= 4 is 35.1 Å². The number of likely N-dealkylation sites (N-methyl/N-ethyl adjacent to an activating group) is 1. The Kier molecular flexibility index (Phi) is 5.11. The van der Waals surface area contributed by atoms with Crippen molar-refractivity contribution in [1.29, 1.82) is 0 Å². The topological polar surface area (TPSA) is 121 Å². The third-order valence-corrected chi connectivity index (χ3v) is 6.85. The number of thioether (sulfide) groups is 1. The first-order valence-corrected chi connectivity index (χ1v) is 10.1. The molecular weight excluding hydrogens is 370 g/mol. The van der Waals surface area contributed by atoms with Crippen LogP contribution < -0.4 is 21.9 Å². The van der Waals surface area contributed by atoms with Crippen molar-refractivity contribution < 1.29 is 9.59 Å². The van der Waals surface area contributed by atoms with Crippen LogP contribution in [0.4, 0.5) is 11.5 Å². The number of anilines is 2. The first-order chi connectivity index (χ1) is 12.7. The molecule has 1 aromatic rings. The van der Waals surface area contributed by atoms with Gasteiger partial charge in [0, 0.05) is 25.8 Å². The molecule has 2 amide bonds. The van der Waals surface area contributed by atoms with Crippen LogP contribution in [0, 0.1) is 0 Å². The van der Waals surface area contributed by atoms with Gasteiger partial charge in [-0.3, -0.25) is 23.9 Å². The number of aromatic amines is 1. The number of nitrogens with zero attached hydrogens (tertiary/aromatic N) is 3. The quantitative estimate of drug-likeness (QED) is 0.741. The second-order valence-electron chi connectivity index (χ2n) is 7.16. The maximum Gasteiger partial charge on any atom is 0.330 e.